The standard InChI is InChI=1S/C24H36N4O/c1-4-15-27(16-5-2)18-14-25-24(29)22-21-9-7-6-8-17-28(21)23(26-22)20-12-10-19(3)11-13-20/h10-13H,4-9,14-18H2,1-3H3,(H,25,29). The molecule has 1 aromatic heterocycles. The van der Waals surface area contributed by atoms with Gasteiger partial charge in [0.05, 0.1) is 5.69 Å². The van der Waals surface area contributed by atoms with Gasteiger partial charge in [0.1, 0.15) is 11.5 Å². The highest BCUT2D eigenvalue weighted by molar-refractivity contribution is 5.94. The minimum absolute atomic E-state index is 0.0260. The minimum Gasteiger partial charge on any atom is -0.349 e. The van der Waals surface area contributed by atoms with E-state index in [-0.39, 0.29) is 5.91 Å². The van der Waals surface area contributed by atoms with Gasteiger partial charge in [-0.2, -0.15) is 0 Å². The number of benzene rings is 1. The van der Waals surface area contributed by atoms with E-state index in [1.54, 1.807) is 0 Å². The van der Waals surface area contributed by atoms with Crippen LogP contribution in [0.4, 0.5) is 0 Å². The molecule has 5 nitrogen and oxygen atoms in total. The summed E-state index contributed by atoms with van der Waals surface area (Å²) in [5.74, 6) is 0.910. The molecule has 29 heavy (non-hydrogen) atoms. The van der Waals surface area contributed by atoms with E-state index < -0.39 is 0 Å². The molecule has 0 spiro atoms. The Bertz CT molecular complexity index is 788. The Morgan fingerprint density at radius 3 is 2.48 bits per heavy atom. The molecule has 0 saturated carbocycles. The van der Waals surface area contributed by atoms with Gasteiger partial charge in [0.15, 0.2) is 0 Å². The number of imidazole rings is 1. The molecule has 0 atom stereocenters. The quantitative estimate of drug-likeness (QED) is 0.682. The Kier molecular flexibility index (Phi) is 7.87. The lowest BCUT2D eigenvalue weighted by atomic mass is 10.1. The fourth-order valence-electron chi connectivity index (χ4n) is 4.20. The lowest BCUT2D eigenvalue weighted by molar-refractivity contribution is 0.0942. The molecule has 1 aliphatic rings. The first-order valence-electron chi connectivity index (χ1n) is 11.3. The van der Waals surface area contributed by atoms with Gasteiger partial charge in [0.25, 0.3) is 5.91 Å². The van der Waals surface area contributed by atoms with Crippen LogP contribution < -0.4 is 5.32 Å². The number of hydrogen-bond donors (Lipinski definition) is 1. The molecule has 3 rings (SSSR count). The number of aryl methyl sites for hydroxylation is 1. The Labute approximate surface area is 175 Å². The van der Waals surface area contributed by atoms with Gasteiger partial charge < -0.3 is 14.8 Å². The molecule has 1 N–H and O–H groups in total. The van der Waals surface area contributed by atoms with E-state index in [2.05, 4.69) is 59.8 Å². The first kappa shape index (κ1) is 21.6. The average Bonchev–Trinajstić information content (AvgIpc) is 2.90. The molecule has 1 aliphatic heterocycles. The number of aromatic nitrogens is 2. The summed E-state index contributed by atoms with van der Waals surface area (Å²) in [6.07, 6.45) is 6.69. The van der Waals surface area contributed by atoms with Crippen LogP contribution in [0.5, 0.6) is 0 Å². The van der Waals surface area contributed by atoms with Crippen molar-refractivity contribution in [3.63, 3.8) is 0 Å². The smallest absolute Gasteiger partial charge is 0.271 e. The van der Waals surface area contributed by atoms with Crippen LogP contribution in [0.25, 0.3) is 11.4 Å². The van der Waals surface area contributed by atoms with Crippen molar-refractivity contribution in [1.82, 2.24) is 19.8 Å². The van der Waals surface area contributed by atoms with Gasteiger partial charge in [0.2, 0.25) is 0 Å². The van der Waals surface area contributed by atoms with E-state index in [1.807, 2.05) is 0 Å². The average molecular weight is 397 g/mol. The van der Waals surface area contributed by atoms with Crippen LogP contribution in [0.2, 0.25) is 0 Å². The van der Waals surface area contributed by atoms with Crippen molar-refractivity contribution in [2.24, 2.45) is 0 Å². The topological polar surface area (TPSA) is 50.2 Å². The van der Waals surface area contributed by atoms with Gasteiger partial charge in [-0.25, -0.2) is 4.98 Å². The van der Waals surface area contributed by atoms with Crippen LogP contribution in [0.3, 0.4) is 0 Å². The molecular weight excluding hydrogens is 360 g/mol. The first-order valence-corrected chi connectivity index (χ1v) is 11.3. The molecule has 0 bridgehead atoms. The molecule has 0 unspecified atom stereocenters. The maximum atomic E-state index is 13.0. The molecule has 2 aromatic rings. The fourth-order valence-corrected chi connectivity index (χ4v) is 4.20. The second-order valence-corrected chi connectivity index (χ2v) is 8.16. The Balaban J connectivity index is 1.77. The third-order valence-corrected chi connectivity index (χ3v) is 5.69. The number of carbonyl (C=O) groups excluding carboxylic acids is 1. The van der Waals surface area contributed by atoms with Gasteiger partial charge in [-0.3, -0.25) is 4.79 Å². The summed E-state index contributed by atoms with van der Waals surface area (Å²) in [4.78, 5) is 20.3. The van der Waals surface area contributed by atoms with E-state index in [0.717, 1.165) is 75.4 Å². The molecule has 0 fully saturated rings. The first-order chi connectivity index (χ1) is 14.1. The summed E-state index contributed by atoms with van der Waals surface area (Å²) in [5.41, 5.74) is 4.06. The third kappa shape index (κ3) is 5.47. The van der Waals surface area contributed by atoms with Gasteiger partial charge in [-0.05, 0) is 52.1 Å². The largest absolute Gasteiger partial charge is 0.349 e. The highest BCUT2D eigenvalue weighted by atomic mass is 16.1. The van der Waals surface area contributed by atoms with Crippen molar-refractivity contribution < 1.29 is 4.79 Å². The Morgan fingerprint density at radius 1 is 1.07 bits per heavy atom. The number of nitrogens with zero attached hydrogens (tertiary/aromatic N) is 3. The second-order valence-electron chi connectivity index (χ2n) is 8.16. The van der Waals surface area contributed by atoms with Crippen molar-refractivity contribution in [1.29, 1.82) is 0 Å². The SMILES string of the molecule is CCCN(CCC)CCNC(=O)c1nc(-c2ccc(C)cc2)n2c1CCCCC2. The number of rotatable bonds is 9. The molecule has 158 valence electrons. The number of amides is 1. The van der Waals surface area contributed by atoms with E-state index in [9.17, 15) is 4.79 Å². The zero-order valence-electron chi connectivity index (χ0n) is 18.3. The van der Waals surface area contributed by atoms with E-state index in [4.69, 9.17) is 4.98 Å². The summed E-state index contributed by atoms with van der Waals surface area (Å²) >= 11 is 0. The number of fused-ring (bicyclic) bond motifs is 1. The number of carbonyl (C=O) groups is 1. The van der Waals surface area contributed by atoms with Gasteiger partial charge in [0, 0.05) is 25.2 Å². The summed E-state index contributed by atoms with van der Waals surface area (Å²) in [5, 5.41) is 3.13. The zero-order chi connectivity index (χ0) is 20.6. The fraction of sp³-hybridized carbons (Fsp3) is 0.583. The molecule has 1 aromatic carbocycles. The van der Waals surface area contributed by atoms with Crippen LogP contribution in [0.15, 0.2) is 24.3 Å². The van der Waals surface area contributed by atoms with Crippen LogP contribution in [0, 0.1) is 6.92 Å². The van der Waals surface area contributed by atoms with Crippen LogP contribution >= 0.6 is 0 Å². The summed E-state index contributed by atoms with van der Waals surface area (Å²) < 4.78 is 2.28. The normalized spacial score (nSPS) is 13.9. The van der Waals surface area contributed by atoms with E-state index >= 15 is 0 Å². The van der Waals surface area contributed by atoms with Crippen molar-refractivity contribution in [3.8, 4) is 11.4 Å². The predicted octanol–water partition coefficient (Wildman–Crippen LogP) is 4.44. The van der Waals surface area contributed by atoms with Crippen LogP contribution in [-0.2, 0) is 13.0 Å². The molecule has 1 amide bonds. The van der Waals surface area contributed by atoms with Gasteiger partial charge in [-0.1, -0.05) is 50.1 Å². The van der Waals surface area contributed by atoms with Crippen molar-refractivity contribution in [2.75, 3.05) is 26.2 Å². The minimum atomic E-state index is -0.0260. The molecule has 2 heterocycles. The monoisotopic (exact) mass is 396 g/mol. The van der Waals surface area contributed by atoms with Crippen molar-refractivity contribution in [3.05, 3.63) is 41.2 Å². The zero-order valence-corrected chi connectivity index (χ0v) is 18.3. The highest BCUT2D eigenvalue weighted by Crippen LogP contribution is 2.27. The number of nitrogens with one attached hydrogen (secondary N) is 1. The predicted molar refractivity (Wildman–Crippen MR) is 119 cm³/mol. The van der Waals surface area contributed by atoms with E-state index in [1.165, 1.54) is 12.0 Å². The lowest BCUT2D eigenvalue weighted by Gasteiger charge is -2.20. The van der Waals surface area contributed by atoms with Crippen molar-refractivity contribution >= 4 is 5.91 Å². The molecular formula is C24H36N4O. The highest BCUT2D eigenvalue weighted by Gasteiger charge is 2.24. The number of hydrogen-bond acceptors (Lipinski definition) is 3. The lowest BCUT2D eigenvalue weighted by Crippen LogP contribution is -2.36. The Morgan fingerprint density at radius 2 is 1.79 bits per heavy atom. The molecule has 5 heteroatoms. The summed E-state index contributed by atoms with van der Waals surface area (Å²) in [6, 6.07) is 8.46. The second kappa shape index (κ2) is 10.6. The third-order valence-electron chi connectivity index (χ3n) is 5.69. The van der Waals surface area contributed by atoms with Crippen molar-refractivity contribution in [2.45, 2.75) is 65.8 Å². The molecule has 0 radical (unpaired) electrons. The maximum absolute atomic E-state index is 13.0. The van der Waals surface area contributed by atoms with Gasteiger partial charge in [-0.15, -0.1) is 0 Å². The van der Waals surface area contributed by atoms with Crippen LogP contribution in [-0.4, -0.2) is 46.5 Å². The van der Waals surface area contributed by atoms with Gasteiger partial charge >= 0.3 is 0 Å². The maximum Gasteiger partial charge on any atom is 0.271 e. The summed E-state index contributed by atoms with van der Waals surface area (Å²) in [7, 11) is 0. The Hall–Kier alpha value is -2.14. The summed E-state index contributed by atoms with van der Waals surface area (Å²) in [6.45, 7) is 11.2. The molecule has 0 aliphatic carbocycles. The molecule has 0 saturated heterocycles. The van der Waals surface area contributed by atoms with E-state index in [0.29, 0.717) is 12.2 Å². The van der Waals surface area contributed by atoms with Crippen LogP contribution in [0.1, 0.15) is 67.7 Å².